The summed E-state index contributed by atoms with van der Waals surface area (Å²) >= 11 is 0. The van der Waals surface area contributed by atoms with Crippen molar-refractivity contribution < 1.29 is 14.7 Å². The van der Waals surface area contributed by atoms with Crippen molar-refractivity contribution in [1.29, 1.82) is 0 Å². The molecule has 96 valence electrons. The standard InChI is InChI=1S/C14H17NO3/c16-13(9-11-6-7-11)15-12(14(17)18)8-10-4-2-1-3-5-10/h1-5,11-12H,6-9H2,(H,15,16)(H,17,18)/t12-/m0/s1. The van der Waals surface area contributed by atoms with Crippen molar-refractivity contribution in [2.75, 3.05) is 0 Å². The Bertz CT molecular complexity index is 426. The highest BCUT2D eigenvalue weighted by Crippen LogP contribution is 2.32. The number of carbonyl (C=O) groups is 2. The van der Waals surface area contributed by atoms with E-state index in [0.717, 1.165) is 18.4 Å². The minimum atomic E-state index is -0.983. The molecular formula is C14H17NO3. The average Bonchev–Trinajstić information content (AvgIpc) is 3.13. The number of hydrogen-bond acceptors (Lipinski definition) is 2. The summed E-state index contributed by atoms with van der Waals surface area (Å²) in [4.78, 5) is 22.8. The van der Waals surface area contributed by atoms with E-state index >= 15 is 0 Å². The number of rotatable bonds is 6. The normalized spacial score (nSPS) is 16.0. The average molecular weight is 247 g/mol. The summed E-state index contributed by atoms with van der Waals surface area (Å²) in [5.41, 5.74) is 0.914. The van der Waals surface area contributed by atoms with Gasteiger partial charge in [-0.05, 0) is 24.3 Å². The van der Waals surface area contributed by atoms with E-state index in [1.54, 1.807) is 0 Å². The predicted molar refractivity (Wildman–Crippen MR) is 67.1 cm³/mol. The van der Waals surface area contributed by atoms with Crippen LogP contribution >= 0.6 is 0 Å². The van der Waals surface area contributed by atoms with E-state index < -0.39 is 12.0 Å². The number of carboxylic acid groups (broad SMARTS) is 1. The van der Waals surface area contributed by atoms with Gasteiger partial charge in [-0.1, -0.05) is 30.3 Å². The molecule has 1 fully saturated rings. The molecule has 2 rings (SSSR count). The van der Waals surface area contributed by atoms with Gasteiger partial charge in [0.25, 0.3) is 0 Å². The Kier molecular flexibility index (Phi) is 3.97. The summed E-state index contributed by atoms with van der Waals surface area (Å²) in [6.07, 6.45) is 2.96. The molecular weight excluding hydrogens is 230 g/mol. The Morgan fingerprint density at radius 3 is 2.50 bits per heavy atom. The lowest BCUT2D eigenvalue weighted by Crippen LogP contribution is -2.42. The Morgan fingerprint density at radius 2 is 1.94 bits per heavy atom. The first kappa shape index (κ1) is 12.6. The minimum absolute atomic E-state index is 0.152. The van der Waals surface area contributed by atoms with Gasteiger partial charge in [0, 0.05) is 12.8 Å². The van der Waals surface area contributed by atoms with Gasteiger partial charge in [0.15, 0.2) is 0 Å². The highest BCUT2D eigenvalue weighted by atomic mass is 16.4. The third-order valence-corrected chi connectivity index (χ3v) is 3.09. The number of aliphatic carboxylic acids is 1. The largest absolute Gasteiger partial charge is 0.480 e. The number of carboxylic acids is 1. The number of hydrogen-bond donors (Lipinski definition) is 2. The van der Waals surface area contributed by atoms with Gasteiger partial charge in [0.1, 0.15) is 6.04 Å². The van der Waals surface area contributed by atoms with Crippen LogP contribution < -0.4 is 5.32 Å². The van der Waals surface area contributed by atoms with E-state index in [1.165, 1.54) is 0 Å². The molecule has 0 unspecified atom stereocenters. The van der Waals surface area contributed by atoms with E-state index in [9.17, 15) is 9.59 Å². The van der Waals surface area contributed by atoms with Crippen molar-refractivity contribution in [2.45, 2.75) is 31.7 Å². The molecule has 1 aliphatic carbocycles. The van der Waals surface area contributed by atoms with Crippen molar-refractivity contribution in [3.63, 3.8) is 0 Å². The maximum absolute atomic E-state index is 11.6. The zero-order chi connectivity index (χ0) is 13.0. The third-order valence-electron chi connectivity index (χ3n) is 3.09. The van der Waals surface area contributed by atoms with E-state index in [4.69, 9.17) is 5.11 Å². The Balaban J connectivity index is 1.91. The van der Waals surface area contributed by atoms with Crippen molar-refractivity contribution >= 4 is 11.9 Å². The van der Waals surface area contributed by atoms with Crippen molar-refractivity contribution in [3.05, 3.63) is 35.9 Å². The predicted octanol–water partition coefficient (Wildman–Crippen LogP) is 1.60. The SMILES string of the molecule is O=C(CC1CC1)N[C@@H](Cc1ccccc1)C(=O)O. The van der Waals surface area contributed by atoms with Crippen LogP contribution in [0.4, 0.5) is 0 Å². The molecule has 0 aliphatic heterocycles. The molecule has 18 heavy (non-hydrogen) atoms. The van der Waals surface area contributed by atoms with Crippen LogP contribution in [0.15, 0.2) is 30.3 Å². The summed E-state index contributed by atoms with van der Waals surface area (Å²) in [6.45, 7) is 0. The van der Waals surface area contributed by atoms with Crippen LogP contribution in [0.1, 0.15) is 24.8 Å². The Labute approximate surface area is 106 Å². The first-order valence-corrected chi connectivity index (χ1v) is 6.21. The first-order valence-electron chi connectivity index (χ1n) is 6.21. The van der Waals surface area contributed by atoms with Crippen molar-refractivity contribution in [2.24, 2.45) is 5.92 Å². The van der Waals surface area contributed by atoms with Crippen molar-refractivity contribution in [1.82, 2.24) is 5.32 Å². The highest BCUT2D eigenvalue weighted by Gasteiger charge is 2.27. The van der Waals surface area contributed by atoms with Crippen LogP contribution in [0.25, 0.3) is 0 Å². The summed E-state index contributed by atoms with van der Waals surface area (Å²) in [5.74, 6) is -0.667. The van der Waals surface area contributed by atoms with E-state index in [0.29, 0.717) is 18.8 Å². The zero-order valence-corrected chi connectivity index (χ0v) is 10.1. The maximum atomic E-state index is 11.6. The molecule has 1 amide bonds. The second-order valence-corrected chi connectivity index (χ2v) is 4.80. The summed E-state index contributed by atoms with van der Waals surface area (Å²) in [7, 11) is 0. The lowest BCUT2D eigenvalue weighted by molar-refractivity contribution is -0.141. The molecule has 0 aromatic heterocycles. The second-order valence-electron chi connectivity index (χ2n) is 4.80. The summed E-state index contributed by atoms with van der Waals surface area (Å²) in [5, 5.41) is 11.7. The molecule has 0 bridgehead atoms. The molecule has 0 spiro atoms. The molecule has 1 aliphatic rings. The van der Waals surface area contributed by atoms with Crippen LogP contribution in [0.2, 0.25) is 0 Å². The molecule has 0 saturated heterocycles. The minimum Gasteiger partial charge on any atom is -0.480 e. The van der Waals surface area contributed by atoms with Gasteiger partial charge in [-0.2, -0.15) is 0 Å². The van der Waals surface area contributed by atoms with Crippen LogP contribution in [-0.2, 0) is 16.0 Å². The molecule has 1 aromatic rings. The van der Waals surface area contributed by atoms with Gasteiger partial charge in [-0.3, -0.25) is 4.79 Å². The fourth-order valence-corrected chi connectivity index (χ4v) is 1.89. The molecule has 4 nitrogen and oxygen atoms in total. The Hall–Kier alpha value is -1.84. The summed E-state index contributed by atoms with van der Waals surface area (Å²) < 4.78 is 0. The Morgan fingerprint density at radius 1 is 1.28 bits per heavy atom. The van der Waals surface area contributed by atoms with Gasteiger partial charge in [0.05, 0.1) is 0 Å². The van der Waals surface area contributed by atoms with Gasteiger partial charge in [0.2, 0.25) is 5.91 Å². The number of carbonyl (C=O) groups excluding carboxylic acids is 1. The van der Waals surface area contributed by atoms with Gasteiger partial charge >= 0.3 is 5.97 Å². The van der Waals surface area contributed by atoms with E-state index in [1.807, 2.05) is 30.3 Å². The molecule has 4 heteroatoms. The highest BCUT2D eigenvalue weighted by molar-refractivity contribution is 5.84. The van der Waals surface area contributed by atoms with Crippen LogP contribution in [0, 0.1) is 5.92 Å². The van der Waals surface area contributed by atoms with Gasteiger partial charge in [-0.15, -0.1) is 0 Å². The van der Waals surface area contributed by atoms with Gasteiger partial charge in [-0.25, -0.2) is 4.79 Å². The summed E-state index contributed by atoms with van der Waals surface area (Å²) in [6, 6.07) is 8.50. The molecule has 0 heterocycles. The van der Waals surface area contributed by atoms with Crippen LogP contribution in [0.3, 0.4) is 0 Å². The molecule has 1 aromatic carbocycles. The topological polar surface area (TPSA) is 66.4 Å². The maximum Gasteiger partial charge on any atom is 0.326 e. The fourth-order valence-electron chi connectivity index (χ4n) is 1.89. The lowest BCUT2D eigenvalue weighted by Gasteiger charge is -2.14. The molecule has 2 N–H and O–H groups in total. The first-order chi connectivity index (χ1) is 8.65. The lowest BCUT2D eigenvalue weighted by atomic mass is 10.1. The monoisotopic (exact) mass is 247 g/mol. The van der Waals surface area contributed by atoms with Gasteiger partial charge < -0.3 is 10.4 Å². The van der Waals surface area contributed by atoms with Crippen LogP contribution in [-0.4, -0.2) is 23.0 Å². The second kappa shape index (κ2) is 5.67. The van der Waals surface area contributed by atoms with E-state index in [2.05, 4.69) is 5.32 Å². The molecule has 1 saturated carbocycles. The molecule has 1 atom stereocenters. The number of nitrogens with one attached hydrogen (secondary N) is 1. The quantitative estimate of drug-likeness (QED) is 0.802. The smallest absolute Gasteiger partial charge is 0.326 e. The van der Waals surface area contributed by atoms with E-state index in [-0.39, 0.29) is 5.91 Å². The number of benzene rings is 1. The molecule has 0 radical (unpaired) electrons. The third kappa shape index (κ3) is 3.87. The zero-order valence-electron chi connectivity index (χ0n) is 10.1. The van der Waals surface area contributed by atoms with Crippen LogP contribution in [0.5, 0.6) is 0 Å². The van der Waals surface area contributed by atoms with Crippen molar-refractivity contribution in [3.8, 4) is 0 Å². The number of amides is 1. The fraction of sp³-hybridized carbons (Fsp3) is 0.429.